The Morgan fingerprint density at radius 1 is 0.424 bits per heavy atom. The van der Waals surface area contributed by atoms with Crippen LogP contribution in [-0.4, -0.2) is 75.0 Å². The Hall–Kier alpha value is -0.581. The van der Waals surface area contributed by atoms with E-state index in [0.29, 0.717) is 0 Å². The van der Waals surface area contributed by atoms with Gasteiger partial charge < -0.3 is 0 Å². The molecule has 0 rings (SSSR count). The molecule has 0 heterocycles. The Bertz CT molecular complexity index is 500. The summed E-state index contributed by atoms with van der Waals surface area (Å²) in [5.74, 6) is 0. The SMILES string of the molecule is C[CH2][Sn]([O]C(C(F)(F)F)C(F)(F)F)([O]C(C(F)(F)F)C(F)(F)F)[O]C(C(F)(F)F)C(F)(F)F. The molecule has 0 aliphatic carbocycles. The molecular weight excluding hydrogens is 641 g/mol. The van der Waals surface area contributed by atoms with Crippen molar-refractivity contribution >= 4 is 19.6 Å². The van der Waals surface area contributed by atoms with Crippen molar-refractivity contribution in [3.63, 3.8) is 0 Å². The average molecular weight is 649 g/mol. The van der Waals surface area contributed by atoms with Crippen LogP contribution < -0.4 is 0 Å². The van der Waals surface area contributed by atoms with Crippen molar-refractivity contribution in [1.29, 1.82) is 0 Å². The minimum atomic E-state index is -8.44. The molecule has 0 aliphatic rings. The molecular formula is C11H8F18O3Sn. The van der Waals surface area contributed by atoms with Gasteiger partial charge in [-0.25, -0.2) is 0 Å². The van der Waals surface area contributed by atoms with Crippen molar-refractivity contribution < 1.29 is 88.2 Å². The zero-order valence-electron chi connectivity index (χ0n) is 15.0. The van der Waals surface area contributed by atoms with Gasteiger partial charge in [-0.15, -0.1) is 0 Å². The summed E-state index contributed by atoms with van der Waals surface area (Å²) in [6.07, 6.45) is -57.0. The van der Waals surface area contributed by atoms with Gasteiger partial charge in [0.1, 0.15) is 0 Å². The maximum absolute atomic E-state index is 12.7. The van der Waals surface area contributed by atoms with Crippen molar-refractivity contribution in [2.75, 3.05) is 0 Å². The molecule has 0 bridgehead atoms. The molecule has 3 nitrogen and oxygen atoms in total. The first-order chi connectivity index (χ1) is 14.1. The van der Waals surface area contributed by atoms with Crippen LogP contribution in [0, 0.1) is 0 Å². The minimum absolute atomic E-state index is 0.0213. The van der Waals surface area contributed by atoms with E-state index in [9.17, 15) is 79.0 Å². The van der Waals surface area contributed by atoms with Gasteiger partial charge in [0.05, 0.1) is 0 Å². The van der Waals surface area contributed by atoms with Crippen LogP contribution in [0.25, 0.3) is 0 Å². The van der Waals surface area contributed by atoms with E-state index < -0.39 is 79.4 Å². The summed E-state index contributed by atoms with van der Waals surface area (Å²) in [4.78, 5) is 0. The second-order valence-electron chi connectivity index (χ2n) is 5.78. The van der Waals surface area contributed by atoms with E-state index in [1.807, 2.05) is 0 Å². The van der Waals surface area contributed by atoms with Crippen LogP contribution >= 0.6 is 0 Å². The molecule has 0 saturated heterocycles. The summed E-state index contributed by atoms with van der Waals surface area (Å²) in [5.41, 5.74) is 0. The monoisotopic (exact) mass is 650 g/mol. The van der Waals surface area contributed by atoms with Crippen LogP contribution in [-0.2, 0) is 9.22 Å². The van der Waals surface area contributed by atoms with Crippen LogP contribution in [0.3, 0.4) is 0 Å². The summed E-state index contributed by atoms with van der Waals surface area (Å²) in [6, 6.07) is 0. The Balaban J connectivity index is 6.91. The van der Waals surface area contributed by atoms with Crippen molar-refractivity contribution in [3.05, 3.63) is 0 Å². The molecule has 22 heteroatoms. The van der Waals surface area contributed by atoms with E-state index in [4.69, 9.17) is 0 Å². The zero-order chi connectivity index (χ0) is 27.1. The summed E-state index contributed by atoms with van der Waals surface area (Å²) in [5, 5.41) is 0. The Morgan fingerprint density at radius 3 is 0.667 bits per heavy atom. The van der Waals surface area contributed by atoms with Gasteiger partial charge in [-0.3, -0.25) is 0 Å². The molecule has 0 saturated carbocycles. The predicted octanol–water partition coefficient (Wildman–Crippen LogP) is 6.47. The van der Waals surface area contributed by atoms with E-state index in [1.54, 1.807) is 0 Å². The first-order valence-corrected chi connectivity index (χ1v) is 13.0. The molecule has 0 N–H and O–H groups in total. The number of rotatable bonds is 7. The van der Waals surface area contributed by atoms with Gasteiger partial charge >= 0.3 is 175 Å². The summed E-state index contributed by atoms with van der Waals surface area (Å²) >= 11 is -8.44. The first-order valence-electron chi connectivity index (χ1n) is 7.51. The molecule has 0 aliphatic heterocycles. The second kappa shape index (κ2) is 9.82. The molecule has 33 heavy (non-hydrogen) atoms. The average Bonchev–Trinajstić information content (AvgIpc) is 2.47. The fourth-order valence-electron chi connectivity index (χ4n) is 1.83. The fraction of sp³-hybridized carbons (Fsp3) is 1.00. The molecule has 0 amide bonds. The van der Waals surface area contributed by atoms with Crippen molar-refractivity contribution in [2.45, 2.75) is 66.7 Å². The fourth-order valence-corrected chi connectivity index (χ4v) is 9.10. The van der Waals surface area contributed by atoms with Gasteiger partial charge in [0.2, 0.25) is 0 Å². The van der Waals surface area contributed by atoms with Gasteiger partial charge in [-0.1, -0.05) is 0 Å². The molecule has 0 fully saturated rings. The number of hydrogen-bond donors (Lipinski definition) is 0. The molecule has 0 unspecified atom stereocenters. The third kappa shape index (κ3) is 9.53. The van der Waals surface area contributed by atoms with Gasteiger partial charge in [0, 0.05) is 0 Å². The van der Waals surface area contributed by atoms with E-state index in [2.05, 4.69) is 9.22 Å². The standard InChI is InChI=1S/3C3HF6O.C2H5.Sn/c3*4-2(5,6)1(10)3(7,8)9;1-2;/h3*1H;1H2,2H3;/q3*-1;;+3. The molecule has 0 aromatic carbocycles. The quantitative estimate of drug-likeness (QED) is 0.234. The maximum atomic E-state index is 12.7. The zero-order valence-corrected chi connectivity index (χ0v) is 17.8. The van der Waals surface area contributed by atoms with Gasteiger partial charge in [-0.05, 0) is 0 Å². The topological polar surface area (TPSA) is 27.7 Å². The number of alkyl halides is 18. The van der Waals surface area contributed by atoms with E-state index in [-0.39, 0.29) is 6.92 Å². The predicted molar refractivity (Wildman–Crippen MR) is 67.2 cm³/mol. The van der Waals surface area contributed by atoms with Crippen molar-refractivity contribution in [2.24, 2.45) is 0 Å². The van der Waals surface area contributed by atoms with E-state index in [0.717, 1.165) is 0 Å². The number of halogens is 18. The van der Waals surface area contributed by atoms with E-state index >= 15 is 0 Å². The molecule has 0 aromatic heterocycles. The van der Waals surface area contributed by atoms with Crippen molar-refractivity contribution in [3.8, 4) is 0 Å². The normalized spacial score (nSPS) is 15.8. The summed E-state index contributed by atoms with van der Waals surface area (Å²) in [7, 11) is 0. The second-order valence-corrected chi connectivity index (χ2v) is 13.7. The van der Waals surface area contributed by atoms with Crippen LogP contribution in [0.15, 0.2) is 0 Å². The third-order valence-corrected chi connectivity index (χ3v) is 10.7. The van der Waals surface area contributed by atoms with Crippen LogP contribution in [0.2, 0.25) is 4.44 Å². The van der Waals surface area contributed by atoms with Crippen LogP contribution in [0.1, 0.15) is 6.92 Å². The molecule has 0 radical (unpaired) electrons. The summed E-state index contributed by atoms with van der Waals surface area (Å²) < 4.78 is 235. The Kier molecular flexibility index (Phi) is 9.64. The van der Waals surface area contributed by atoms with Gasteiger partial charge in [0.15, 0.2) is 0 Å². The van der Waals surface area contributed by atoms with Crippen molar-refractivity contribution in [1.82, 2.24) is 0 Å². The molecule has 0 atom stereocenters. The van der Waals surface area contributed by atoms with Crippen LogP contribution in [0.4, 0.5) is 79.0 Å². The molecule has 0 spiro atoms. The molecule has 0 aromatic rings. The summed E-state index contributed by atoms with van der Waals surface area (Å²) in [6.45, 7) is 0.0213. The van der Waals surface area contributed by atoms with E-state index in [1.165, 1.54) is 0 Å². The van der Waals surface area contributed by atoms with Crippen LogP contribution in [0.5, 0.6) is 0 Å². The van der Waals surface area contributed by atoms with Gasteiger partial charge in [-0.2, -0.15) is 0 Å². The van der Waals surface area contributed by atoms with Gasteiger partial charge in [0.25, 0.3) is 0 Å². The Morgan fingerprint density at radius 2 is 0.576 bits per heavy atom. The third-order valence-electron chi connectivity index (χ3n) is 3.11. The Labute approximate surface area is 175 Å². The first kappa shape index (κ1) is 32.4. The molecule has 200 valence electrons. The number of hydrogen-bond acceptors (Lipinski definition) is 3.